The minimum absolute atomic E-state index is 0.129. The summed E-state index contributed by atoms with van der Waals surface area (Å²) in [5.74, 6) is 1.47. The van der Waals surface area contributed by atoms with Gasteiger partial charge in [-0.25, -0.2) is 0 Å². The van der Waals surface area contributed by atoms with Crippen molar-refractivity contribution < 1.29 is 18.4 Å². The van der Waals surface area contributed by atoms with Gasteiger partial charge in [-0.2, -0.15) is 5.26 Å². The molecule has 3 aromatic rings. The van der Waals surface area contributed by atoms with Crippen molar-refractivity contribution in [3.05, 3.63) is 77.6 Å². The molecule has 3 rings (SSSR count). The van der Waals surface area contributed by atoms with Crippen molar-refractivity contribution in [1.29, 1.82) is 5.26 Å². The zero-order valence-corrected chi connectivity index (χ0v) is 12.7. The van der Waals surface area contributed by atoms with Crippen molar-refractivity contribution in [3.63, 3.8) is 0 Å². The molecule has 0 radical (unpaired) electrons. The summed E-state index contributed by atoms with van der Waals surface area (Å²) < 4.78 is 16.2. The number of hydrogen-bond acceptors (Lipinski definition) is 5. The number of carbonyl (C=O) groups is 1. The van der Waals surface area contributed by atoms with Crippen LogP contribution in [0, 0.1) is 11.3 Å². The number of rotatable bonds is 6. The molecule has 2 aromatic heterocycles. The average molecular weight is 322 g/mol. The molecular weight excluding hydrogens is 308 g/mol. The first kappa shape index (κ1) is 15.4. The zero-order chi connectivity index (χ0) is 16.8. The lowest BCUT2D eigenvalue weighted by Gasteiger charge is -2.05. The molecule has 2 heterocycles. The van der Waals surface area contributed by atoms with Gasteiger partial charge in [0.05, 0.1) is 18.4 Å². The minimum Gasteiger partial charge on any atom is -0.484 e. The van der Waals surface area contributed by atoms with Gasteiger partial charge in [-0.05, 0) is 36.4 Å². The summed E-state index contributed by atoms with van der Waals surface area (Å²) in [5, 5.41) is 11.7. The molecule has 1 aromatic carbocycles. The molecular formula is C18H14N2O4. The van der Waals surface area contributed by atoms with E-state index in [0.717, 1.165) is 0 Å². The van der Waals surface area contributed by atoms with Crippen molar-refractivity contribution in [1.82, 2.24) is 5.32 Å². The summed E-state index contributed by atoms with van der Waals surface area (Å²) in [6.45, 7) is 0.415. The highest BCUT2D eigenvalue weighted by molar-refractivity contribution is 5.91. The van der Waals surface area contributed by atoms with E-state index < -0.39 is 0 Å². The predicted molar refractivity (Wildman–Crippen MR) is 84.1 cm³/mol. The molecule has 0 fully saturated rings. The van der Waals surface area contributed by atoms with E-state index in [-0.39, 0.29) is 24.8 Å². The quantitative estimate of drug-likeness (QED) is 0.752. The smallest absolute Gasteiger partial charge is 0.287 e. The van der Waals surface area contributed by atoms with Gasteiger partial charge in [0.1, 0.15) is 29.9 Å². The Bertz CT molecular complexity index is 859. The number of para-hydroxylation sites is 1. The van der Waals surface area contributed by atoms with Gasteiger partial charge in [-0.15, -0.1) is 0 Å². The van der Waals surface area contributed by atoms with Crippen LogP contribution >= 0.6 is 0 Å². The number of amides is 1. The maximum atomic E-state index is 12.0. The van der Waals surface area contributed by atoms with Crippen molar-refractivity contribution in [2.24, 2.45) is 0 Å². The molecule has 0 aliphatic heterocycles. The fourth-order valence-electron chi connectivity index (χ4n) is 2.08. The van der Waals surface area contributed by atoms with Gasteiger partial charge in [-0.3, -0.25) is 4.79 Å². The standard InChI is InChI=1S/C18H14N2O4/c19-10-13-4-1-2-6-16(13)23-12-15-7-8-17(24-15)18(21)20-11-14-5-3-9-22-14/h1-9H,11-12H2,(H,20,21). The summed E-state index contributed by atoms with van der Waals surface area (Å²) in [6, 6.07) is 15.7. The normalized spacial score (nSPS) is 10.1. The van der Waals surface area contributed by atoms with Crippen LogP contribution in [0.3, 0.4) is 0 Å². The molecule has 0 spiro atoms. The number of nitriles is 1. The van der Waals surface area contributed by atoms with E-state index in [2.05, 4.69) is 11.4 Å². The molecule has 6 nitrogen and oxygen atoms in total. The van der Waals surface area contributed by atoms with Crippen molar-refractivity contribution >= 4 is 5.91 Å². The molecule has 1 amide bonds. The SMILES string of the molecule is N#Cc1ccccc1OCc1ccc(C(=O)NCc2ccco2)o1. The summed E-state index contributed by atoms with van der Waals surface area (Å²) in [5.41, 5.74) is 0.445. The highest BCUT2D eigenvalue weighted by Crippen LogP contribution is 2.19. The molecule has 24 heavy (non-hydrogen) atoms. The zero-order valence-electron chi connectivity index (χ0n) is 12.7. The molecule has 0 aliphatic carbocycles. The third-order valence-corrected chi connectivity index (χ3v) is 3.27. The fourth-order valence-corrected chi connectivity index (χ4v) is 2.08. The van der Waals surface area contributed by atoms with Crippen LogP contribution in [0.25, 0.3) is 0 Å². The van der Waals surface area contributed by atoms with E-state index in [1.54, 1.807) is 54.8 Å². The van der Waals surface area contributed by atoms with E-state index in [1.165, 1.54) is 0 Å². The van der Waals surface area contributed by atoms with Crippen molar-refractivity contribution in [2.75, 3.05) is 0 Å². The molecule has 120 valence electrons. The molecule has 0 atom stereocenters. The predicted octanol–water partition coefficient (Wildman–Crippen LogP) is 3.25. The number of carbonyl (C=O) groups excluding carboxylic acids is 1. The van der Waals surface area contributed by atoms with Crippen LogP contribution in [0.4, 0.5) is 0 Å². The van der Waals surface area contributed by atoms with Crippen LogP contribution in [-0.2, 0) is 13.2 Å². The van der Waals surface area contributed by atoms with E-state index in [9.17, 15) is 4.79 Å². The third-order valence-electron chi connectivity index (χ3n) is 3.27. The van der Waals surface area contributed by atoms with Gasteiger partial charge in [0.2, 0.25) is 0 Å². The Morgan fingerprint density at radius 1 is 1.12 bits per heavy atom. The lowest BCUT2D eigenvalue weighted by Crippen LogP contribution is -2.21. The Morgan fingerprint density at radius 3 is 2.79 bits per heavy atom. The van der Waals surface area contributed by atoms with Crippen LogP contribution in [0.5, 0.6) is 5.75 Å². The van der Waals surface area contributed by atoms with Crippen LogP contribution in [0.2, 0.25) is 0 Å². The Kier molecular flexibility index (Phi) is 4.63. The van der Waals surface area contributed by atoms with Crippen LogP contribution in [-0.4, -0.2) is 5.91 Å². The number of benzene rings is 1. The first-order valence-electron chi connectivity index (χ1n) is 7.27. The van der Waals surface area contributed by atoms with Crippen molar-refractivity contribution in [3.8, 4) is 11.8 Å². The molecule has 0 saturated heterocycles. The van der Waals surface area contributed by atoms with Crippen molar-refractivity contribution in [2.45, 2.75) is 13.2 Å². The van der Waals surface area contributed by atoms with E-state index in [4.69, 9.17) is 18.8 Å². The molecule has 0 bridgehead atoms. The van der Waals surface area contributed by atoms with E-state index in [0.29, 0.717) is 22.8 Å². The summed E-state index contributed by atoms with van der Waals surface area (Å²) in [4.78, 5) is 12.0. The van der Waals surface area contributed by atoms with E-state index >= 15 is 0 Å². The number of nitrogens with one attached hydrogen (secondary N) is 1. The number of nitrogens with zero attached hydrogens (tertiary/aromatic N) is 1. The summed E-state index contributed by atoms with van der Waals surface area (Å²) in [6.07, 6.45) is 1.54. The van der Waals surface area contributed by atoms with Gasteiger partial charge in [0, 0.05) is 0 Å². The largest absolute Gasteiger partial charge is 0.484 e. The first-order chi connectivity index (χ1) is 11.8. The summed E-state index contributed by atoms with van der Waals surface area (Å²) in [7, 11) is 0. The Hall–Kier alpha value is -3.46. The topological polar surface area (TPSA) is 88.4 Å². The highest BCUT2D eigenvalue weighted by Gasteiger charge is 2.12. The van der Waals surface area contributed by atoms with Crippen LogP contribution in [0.15, 0.2) is 63.6 Å². The molecule has 0 unspecified atom stereocenters. The monoisotopic (exact) mass is 322 g/mol. The number of hydrogen-bond donors (Lipinski definition) is 1. The molecule has 6 heteroatoms. The Labute approximate surface area is 138 Å². The third kappa shape index (κ3) is 3.65. The van der Waals surface area contributed by atoms with Crippen LogP contribution in [0.1, 0.15) is 27.6 Å². The lowest BCUT2D eigenvalue weighted by molar-refractivity contribution is 0.0916. The van der Waals surface area contributed by atoms with Gasteiger partial charge in [0.25, 0.3) is 5.91 Å². The maximum Gasteiger partial charge on any atom is 0.287 e. The first-order valence-corrected chi connectivity index (χ1v) is 7.27. The Balaban J connectivity index is 1.57. The second-order valence-corrected chi connectivity index (χ2v) is 4.92. The Morgan fingerprint density at radius 2 is 2.00 bits per heavy atom. The second kappa shape index (κ2) is 7.20. The highest BCUT2D eigenvalue weighted by atomic mass is 16.5. The molecule has 0 aliphatic rings. The van der Waals surface area contributed by atoms with Crippen LogP contribution < -0.4 is 10.1 Å². The van der Waals surface area contributed by atoms with Gasteiger partial charge >= 0.3 is 0 Å². The minimum atomic E-state index is -0.338. The number of furan rings is 2. The fraction of sp³-hybridized carbons (Fsp3) is 0.111. The second-order valence-electron chi connectivity index (χ2n) is 4.92. The summed E-state index contributed by atoms with van der Waals surface area (Å²) >= 11 is 0. The lowest BCUT2D eigenvalue weighted by atomic mass is 10.2. The average Bonchev–Trinajstić information content (AvgIpc) is 3.30. The van der Waals surface area contributed by atoms with Gasteiger partial charge in [-0.1, -0.05) is 12.1 Å². The number of ether oxygens (including phenoxy) is 1. The van der Waals surface area contributed by atoms with Gasteiger partial charge < -0.3 is 18.9 Å². The molecule has 1 N–H and O–H groups in total. The van der Waals surface area contributed by atoms with Gasteiger partial charge in [0.15, 0.2) is 5.76 Å². The maximum absolute atomic E-state index is 12.0. The molecule has 0 saturated carbocycles. The van der Waals surface area contributed by atoms with E-state index in [1.807, 2.05) is 0 Å².